The molecule has 1 amide bonds. The number of ether oxygens (including phenoxy) is 1. The number of carbonyl (C=O) groups is 2. The Balaban J connectivity index is 1.84. The molecule has 8 nitrogen and oxygen atoms in total. The number of rotatable bonds is 5. The van der Waals surface area contributed by atoms with E-state index in [1.165, 1.54) is 23.9 Å². The molecule has 0 spiro atoms. The number of hydrogen-bond acceptors (Lipinski definition) is 5. The van der Waals surface area contributed by atoms with E-state index in [9.17, 15) is 31.2 Å². The number of aryl methyl sites for hydroxylation is 1. The first-order chi connectivity index (χ1) is 14.4. The third-order valence-corrected chi connectivity index (χ3v) is 6.82. The van der Waals surface area contributed by atoms with Crippen molar-refractivity contribution in [3.8, 4) is 0 Å². The van der Waals surface area contributed by atoms with Crippen LogP contribution in [0.2, 0.25) is 0 Å². The molecule has 0 saturated carbocycles. The van der Waals surface area contributed by atoms with Gasteiger partial charge in [0.1, 0.15) is 16.6 Å². The highest BCUT2D eigenvalue weighted by Gasteiger charge is 2.40. The number of hydrogen-bond donors (Lipinski definition) is 1. The van der Waals surface area contributed by atoms with Crippen LogP contribution in [0.25, 0.3) is 0 Å². The Morgan fingerprint density at radius 1 is 1.23 bits per heavy atom. The minimum atomic E-state index is -4.58. The van der Waals surface area contributed by atoms with Gasteiger partial charge in [-0.3, -0.25) is 4.79 Å². The van der Waals surface area contributed by atoms with Gasteiger partial charge in [-0.05, 0) is 37.1 Å². The van der Waals surface area contributed by atoms with Gasteiger partial charge >= 0.3 is 12.1 Å². The van der Waals surface area contributed by atoms with Crippen molar-refractivity contribution in [2.24, 2.45) is 7.05 Å². The second-order valence-electron chi connectivity index (χ2n) is 7.01. The number of methoxy groups -OCH3 is 1. The average molecular weight is 459 g/mol. The van der Waals surface area contributed by atoms with E-state index in [2.05, 4.69) is 10.1 Å². The predicted molar refractivity (Wildman–Crippen MR) is 104 cm³/mol. The minimum absolute atomic E-state index is 0.0187. The largest absolute Gasteiger partial charge is 0.464 e. The molecular formula is C19H20F3N3O5S. The van der Waals surface area contributed by atoms with Gasteiger partial charge in [-0.1, -0.05) is 6.07 Å². The molecule has 2 aromatic rings. The highest BCUT2D eigenvalue weighted by Crippen LogP contribution is 2.32. The Morgan fingerprint density at radius 2 is 1.94 bits per heavy atom. The zero-order valence-corrected chi connectivity index (χ0v) is 17.5. The summed E-state index contributed by atoms with van der Waals surface area (Å²) in [7, 11) is -1.49. The second kappa shape index (κ2) is 8.35. The van der Waals surface area contributed by atoms with Gasteiger partial charge in [-0.2, -0.15) is 17.5 Å². The normalized spacial score (nSPS) is 17.5. The van der Waals surface area contributed by atoms with E-state index < -0.39 is 39.7 Å². The van der Waals surface area contributed by atoms with E-state index in [1.54, 1.807) is 0 Å². The van der Waals surface area contributed by atoms with Crippen molar-refractivity contribution < 1.29 is 35.9 Å². The zero-order chi connectivity index (χ0) is 23.0. The Kier molecular flexibility index (Phi) is 6.14. The van der Waals surface area contributed by atoms with Gasteiger partial charge in [-0.25, -0.2) is 13.2 Å². The molecule has 1 aliphatic rings. The number of esters is 1. The molecule has 2 heterocycles. The van der Waals surface area contributed by atoms with E-state index in [-0.39, 0.29) is 29.2 Å². The standard InChI is InChI=1S/C19H20F3N3O5S/c1-24-11-14(10-16(24)18(27)30-2)31(28,29)25-8-4-7-15(25)17(26)23-13-6-3-5-12(9-13)19(20,21)22/h3,5-6,9-11,15H,4,7-8H2,1-2H3,(H,23,26)/t15-/m0/s1. The van der Waals surface area contributed by atoms with Gasteiger partial charge in [0, 0.05) is 25.5 Å². The number of nitrogens with zero attached hydrogens (tertiary/aromatic N) is 2. The third kappa shape index (κ3) is 4.59. The monoisotopic (exact) mass is 459 g/mol. The van der Waals surface area contributed by atoms with Gasteiger partial charge in [-0.15, -0.1) is 0 Å². The lowest BCUT2D eigenvalue weighted by Crippen LogP contribution is -2.43. The van der Waals surface area contributed by atoms with Gasteiger partial charge in [0.2, 0.25) is 15.9 Å². The summed E-state index contributed by atoms with van der Waals surface area (Å²) in [6.07, 6.45) is -2.73. The van der Waals surface area contributed by atoms with Gasteiger partial charge < -0.3 is 14.6 Å². The number of alkyl halides is 3. The fraction of sp³-hybridized carbons (Fsp3) is 0.368. The summed E-state index contributed by atoms with van der Waals surface area (Å²) in [5.41, 5.74) is -0.997. The Bertz CT molecular complexity index is 1110. The topological polar surface area (TPSA) is 97.7 Å². The summed E-state index contributed by atoms with van der Waals surface area (Å²) in [5.74, 6) is -1.45. The molecular weight excluding hydrogens is 439 g/mol. The molecule has 0 aliphatic carbocycles. The number of amides is 1. The van der Waals surface area contributed by atoms with E-state index in [1.807, 2.05) is 0 Å². The van der Waals surface area contributed by atoms with Crippen LogP contribution in [-0.4, -0.2) is 48.9 Å². The smallest absolute Gasteiger partial charge is 0.416 e. The van der Waals surface area contributed by atoms with Crippen LogP contribution in [0.1, 0.15) is 28.9 Å². The number of aromatic nitrogens is 1. The molecule has 1 saturated heterocycles. The molecule has 1 N–H and O–H groups in total. The fourth-order valence-electron chi connectivity index (χ4n) is 3.41. The number of carbonyl (C=O) groups excluding carboxylic acids is 2. The van der Waals surface area contributed by atoms with Crippen molar-refractivity contribution in [1.82, 2.24) is 8.87 Å². The van der Waals surface area contributed by atoms with E-state index in [0.717, 1.165) is 35.7 Å². The van der Waals surface area contributed by atoms with E-state index >= 15 is 0 Å². The van der Waals surface area contributed by atoms with E-state index in [0.29, 0.717) is 6.42 Å². The lowest BCUT2D eigenvalue weighted by molar-refractivity contribution is -0.137. The number of sulfonamides is 1. The van der Waals surface area contributed by atoms with Gasteiger partial charge in [0.15, 0.2) is 0 Å². The summed E-state index contributed by atoms with van der Waals surface area (Å²) < 4.78 is 71.8. The van der Waals surface area contributed by atoms with Crippen molar-refractivity contribution in [2.45, 2.75) is 30.0 Å². The highest BCUT2D eigenvalue weighted by atomic mass is 32.2. The second-order valence-corrected chi connectivity index (χ2v) is 8.90. The van der Waals surface area contributed by atoms with Crippen LogP contribution in [0.4, 0.5) is 18.9 Å². The molecule has 168 valence electrons. The first-order valence-corrected chi connectivity index (χ1v) is 10.6. The Morgan fingerprint density at radius 3 is 2.58 bits per heavy atom. The molecule has 0 radical (unpaired) electrons. The highest BCUT2D eigenvalue weighted by molar-refractivity contribution is 7.89. The van der Waals surface area contributed by atoms with Gasteiger partial charge in [0.05, 0.1) is 12.7 Å². The molecule has 12 heteroatoms. The predicted octanol–water partition coefficient (Wildman–Crippen LogP) is 2.62. The maximum absolute atomic E-state index is 13.1. The summed E-state index contributed by atoms with van der Waals surface area (Å²) in [4.78, 5) is 24.3. The summed E-state index contributed by atoms with van der Waals surface area (Å²) in [6.45, 7) is 0.0610. The number of nitrogens with one attached hydrogen (secondary N) is 1. The van der Waals surface area contributed by atoms with Crippen LogP contribution in [0.15, 0.2) is 41.4 Å². The van der Waals surface area contributed by atoms with Crippen LogP contribution < -0.4 is 5.32 Å². The molecule has 0 unspecified atom stereocenters. The quantitative estimate of drug-likeness (QED) is 0.694. The Labute approximate surface area is 176 Å². The Hall–Kier alpha value is -2.86. The molecule has 3 rings (SSSR count). The van der Waals surface area contributed by atoms with Crippen molar-refractivity contribution in [1.29, 1.82) is 0 Å². The van der Waals surface area contributed by atoms with Crippen LogP contribution in [0.3, 0.4) is 0 Å². The average Bonchev–Trinajstić information content (AvgIpc) is 3.34. The van der Waals surface area contributed by atoms with Crippen molar-refractivity contribution in [2.75, 3.05) is 19.0 Å². The van der Waals surface area contributed by atoms with Crippen LogP contribution in [0.5, 0.6) is 0 Å². The maximum atomic E-state index is 13.1. The minimum Gasteiger partial charge on any atom is -0.464 e. The number of benzene rings is 1. The maximum Gasteiger partial charge on any atom is 0.416 e. The van der Waals surface area contributed by atoms with E-state index in [4.69, 9.17) is 0 Å². The third-order valence-electron chi connectivity index (χ3n) is 4.94. The van der Waals surface area contributed by atoms with Crippen LogP contribution in [-0.2, 0) is 32.8 Å². The molecule has 1 aromatic carbocycles. The van der Waals surface area contributed by atoms with Crippen molar-refractivity contribution in [3.05, 3.63) is 47.8 Å². The summed E-state index contributed by atoms with van der Waals surface area (Å²) in [6, 6.07) is 4.16. The molecule has 1 aliphatic heterocycles. The molecule has 1 aromatic heterocycles. The van der Waals surface area contributed by atoms with Gasteiger partial charge in [0.25, 0.3) is 0 Å². The molecule has 1 atom stereocenters. The molecule has 31 heavy (non-hydrogen) atoms. The lowest BCUT2D eigenvalue weighted by atomic mass is 10.1. The molecule has 1 fully saturated rings. The lowest BCUT2D eigenvalue weighted by Gasteiger charge is -2.23. The number of anilines is 1. The SMILES string of the molecule is COC(=O)c1cc(S(=O)(=O)N2CCC[C@H]2C(=O)Nc2cccc(C(F)(F)F)c2)cn1C. The number of halogens is 3. The van der Waals surface area contributed by atoms with Crippen LogP contribution in [0, 0.1) is 0 Å². The van der Waals surface area contributed by atoms with Crippen molar-refractivity contribution in [3.63, 3.8) is 0 Å². The summed E-state index contributed by atoms with van der Waals surface area (Å²) >= 11 is 0. The first-order valence-electron chi connectivity index (χ1n) is 9.20. The zero-order valence-electron chi connectivity index (χ0n) is 16.6. The summed E-state index contributed by atoms with van der Waals surface area (Å²) in [5, 5.41) is 2.37. The molecule has 0 bridgehead atoms. The van der Waals surface area contributed by atoms with Crippen LogP contribution >= 0.6 is 0 Å². The van der Waals surface area contributed by atoms with Crippen molar-refractivity contribution >= 4 is 27.6 Å². The fourth-order valence-corrected chi connectivity index (χ4v) is 5.14. The first kappa shape index (κ1) is 22.8.